The highest BCUT2D eigenvalue weighted by Gasteiger charge is 2.47. The fourth-order valence-electron chi connectivity index (χ4n) is 2.73. The van der Waals surface area contributed by atoms with Crippen LogP contribution in [0.1, 0.15) is 20.1 Å². The molecule has 2 aromatic heterocycles. The van der Waals surface area contributed by atoms with Crippen LogP contribution < -0.4 is 11.5 Å². The number of rotatable bonds is 4. The topological polar surface area (TPSA) is 157 Å². The Labute approximate surface area is 152 Å². The number of anilines is 1. The smallest absolute Gasteiger partial charge is 0.303 e. The molecule has 4 N–H and O–H groups in total. The Kier molecular flexibility index (Phi) is 4.94. The summed E-state index contributed by atoms with van der Waals surface area (Å²) in [5.41, 5.74) is 12.3. The molecule has 0 amide bonds. The average Bonchev–Trinajstić information content (AvgIpc) is 3.08. The monoisotopic (exact) mass is 384 g/mol. The van der Waals surface area contributed by atoms with Crippen molar-refractivity contribution in [1.29, 1.82) is 0 Å². The maximum atomic E-state index is 11.5. The quantitative estimate of drug-likeness (QED) is 0.533. The van der Waals surface area contributed by atoms with Crippen LogP contribution in [-0.2, 0) is 23.8 Å². The summed E-state index contributed by atoms with van der Waals surface area (Å²) in [6, 6.07) is -0.753. The van der Waals surface area contributed by atoms with Crippen molar-refractivity contribution in [2.75, 3.05) is 12.3 Å². The largest absolute Gasteiger partial charge is 0.463 e. The van der Waals surface area contributed by atoms with Crippen molar-refractivity contribution >= 4 is 40.4 Å². The Morgan fingerprint density at radius 1 is 1.35 bits per heavy atom. The predicted molar refractivity (Wildman–Crippen MR) is 88.8 cm³/mol. The summed E-state index contributed by atoms with van der Waals surface area (Å²) < 4.78 is 17.5. The fourth-order valence-corrected chi connectivity index (χ4v) is 2.90. The average molecular weight is 385 g/mol. The lowest BCUT2D eigenvalue weighted by atomic mass is 10.1. The number of carbonyl (C=O) groups excluding carboxylic acids is 2. The third-order valence-corrected chi connectivity index (χ3v) is 4.02. The van der Waals surface area contributed by atoms with E-state index in [0.717, 1.165) is 0 Å². The van der Waals surface area contributed by atoms with Crippen LogP contribution in [0.4, 0.5) is 5.82 Å². The maximum Gasteiger partial charge on any atom is 0.303 e. The van der Waals surface area contributed by atoms with Gasteiger partial charge in [0.15, 0.2) is 18.0 Å². The van der Waals surface area contributed by atoms with Gasteiger partial charge in [0.05, 0.1) is 17.6 Å². The number of ether oxygens (including phenoxy) is 3. The summed E-state index contributed by atoms with van der Waals surface area (Å²) >= 11 is 5.87. The molecule has 0 unspecified atom stereocenters. The van der Waals surface area contributed by atoms with Gasteiger partial charge in [-0.2, -0.15) is 10.1 Å². The van der Waals surface area contributed by atoms with Crippen molar-refractivity contribution < 1.29 is 23.8 Å². The number of carbonyl (C=O) groups is 2. The summed E-state index contributed by atoms with van der Waals surface area (Å²) in [5.74, 6) is -0.880. The molecule has 26 heavy (non-hydrogen) atoms. The number of aromatic nitrogens is 4. The van der Waals surface area contributed by atoms with Crippen molar-refractivity contribution in [2.45, 2.75) is 38.3 Å². The van der Waals surface area contributed by atoms with Crippen LogP contribution in [0.15, 0.2) is 6.20 Å². The number of nitrogens with two attached hydrogens (primary N) is 2. The summed E-state index contributed by atoms with van der Waals surface area (Å²) in [6.07, 6.45) is -1.05. The first-order valence-corrected chi connectivity index (χ1v) is 8.03. The number of esters is 2. The van der Waals surface area contributed by atoms with Crippen LogP contribution in [0.25, 0.3) is 11.0 Å². The molecule has 1 aliphatic rings. The van der Waals surface area contributed by atoms with E-state index in [9.17, 15) is 9.59 Å². The first-order chi connectivity index (χ1) is 12.3. The second kappa shape index (κ2) is 7.02. The van der Waals surface area contributed by atoms with Gasteiger partial charge >= 0.3 is 11.9 Å². The highest BCUT2D eigenvalue weighted by atomic mass is 35.5. The minimum Gasteiger partial charge on any atom is -0.463 e. The Hall–Kier alpha value is -2.50. The van der Waals surface area contributed by atoms with Gasteiger partial charge in [-0.1, -0.05) is 0 Å². The standard InChI is InChI=1S/C14H17ClN6O5/c1-5(22)24-4-8-9(16)10(25-6(2)23)13(26-8)21-12-7(3-18-21)11(17)19-14(15)20-12/h3,8-10,13H,4,16H2,1-2H3,(H2,17,19,20)/t8-,9-,10-,13-/m1/s1. The Balaban J connectivity index is 1.98. The zero-order valence-electron chi connectivity index (χ0n) is 14.0. The molecule has 1 fully saturated rings. The molecular formula is C14H17ClN6O5. The van der Waals surface area contributed by atoms with Gasteiger partial charge in [-0.15, -0.1) is 0 Å². The van der Waals surface area contributed by atoms with E-state index in [4.69, 9.17) is 37.3 Å². The van der Waals surface area contributed by atoms with Crippen molar-refractivity contribution in [3.05, 3.63) is 11.5 Å². The van der Waals surface area contributed by atoms with Gasteiger partial charge < -0.3 is 25.7 Å². The molecule has 3 rings (SSSR count). The van der Waals surface area contributed by atoms with Crippen LogP contribution in [0, 0.1) is 0 Å². The number of hydrogen-bond acceptors (Lipinski definition) is 10. The molecule has 140 valence electrons. The Morgan fingerprint density at radius 2 is 2.08 bits per heavy atom. The van der Waals surface area contributed by atoms with E-state index < -0.39 is 36.4 Å². The third kappa shape index (κ3) is 3.41. The number of nitrogens with zero attached hydrogens (tertiary/aromatic N) is 4. The third-order valence-electron chi connectivity index (χ3n) is 3.85. The van der Waals surface area contributed by atoms with Gasteiger partial charge in [-0.05, 0) is 11.6 Å². The zero-order chi connectivity index (χ0) is 19.0. The van der Waals surface area contributed by atoms with Gasteiger partial charge in [0.1, 0.15) is 18.5 Å². The second-order valence-corrected chi connectivity index (χ2v) is 6.06. The van der Waals surface area contributed by atoms with Gasteiger partial charge in [0.2, 0.25) is 5.28 Å². The number of nitrogen functional groups attached to an aromatic ring is 1. The molecule has 0 aromatic carbocycles. The SMILES string of the molecule is CC(=O)OC[C@H]1O[C@@H](n2ncc3c(N)nc(Cl)nc32)[C@H](OC(C)=O)[C@@H]1N. The van der Waals surface area contributed by atoms with Crippen molar-refractivity contribution in [1.82, 2.24) is 19.7 Å². The molecule has 3 heterocycles. The number of fused-ring (bicyclic) bond motifs is 1. The van der Waals surface area contributed by atoms with Crippen LogP contribution in [0.5, 0.6) is 0 Å². The molecule has 0 radical (unpaired) electrons. The lowest BCUT2D eigenvalue weighted by molar-refractivity contribution is -0.153. The zero-order valence-corrected chi connectivity index (χ0v) is 14.7. The first kappa shape index (κ1) is 18.3. The molecule has 0 aliphatic carbocycles. The Bertz CT molecular complexity index is 858. The predicted octanol–water partition coefficient (Wildman–Crippen LogP) is -0.219. The van der Waals surface area contributed by atoms with E-state index in [1.807, 2.05) is 0 Å². The number of hydrogen-bond donors (Lipinski definition) is 2. The van der Waals surface area contributed by atoms with E-state index in [2.05, 4.69) is 15.1 Å². The normalized spacial score (nSPS) is 25.4. The minimum atomic E-state index is -0.905. The van der Waals surface area contributed by atoms with Crippen LogP contribution in [0.3, 0.4) is 0 Å². The molecule has 0 bridgehead atoms. The van der Waals surface area contributed by atoms with E-state index in [1.54, 1.807) is 0 Å². The molecule has 0 spiro atoms. The van der Waals surface area contributed by atoms with Crippen LogP contribution in [-0.4, -0.2) is 56.5 Å². The van der Waals surface area contributed by atoms with E-state index >= 15 is 0 Å². The number of halogens is 1. The van der Waals surface area contributed by atoms with Crippen molar-refractivity contribution in [3.63, 3.8) is 0 Å². The molecule has 11 nitrogen and oxygen atoms in total. The summed E-state index contributed by atoms with van der Waals surface area (Å²) in [6.45, 7) is 2.42. The first-order valence-electron chi connectivity index (χ1n) is 7.65. The van der Waals surface area contributed by atoms with Gasteiger partial charge in [0.25, 0.3) is 0 Å². The molecule has 2 aromatic rings. The lowest BCUT2D eigenvalue weighted by Gasteiger charge is -2.21. The molecule has 12 heteroatoms. The molecule has 0 saturated carbocycles. The van der Waals surface area contributed by atoms with E-state index in [-0.39, 0.29) is 17.7 Å². The fraction of sp³-hybridized carbons (Fsp3) is 0.500. The second-order valence-electron chi connectivity index (χ2n) is 5.72. The molecular weight excluding hydrogens is 368 g/mol. The lowest BCUT2D eigenvalue weighted by Crippen LogP contribution is -2.44. The molecule has 1 saturated heterocycles. The minimum absolute atomic E-state index is 0.0699. The van der Waals surface area contributed by atoms with E-state index in [1.165, 1.54) is 24.7 Å². The summed E-state index contributed by atoms with van der Waals surface area (Å²) in [4.78, 5) is 30.5. The van der Waals surface area contributed by atoms with Crippen LogP contribution >= 0.6 is 11.6 Å². The summed E-state index contributed by atoms with van der Waals surface area (Å²) in [7, 11) is 0. The van der Waals surface area contributed by atoms with Gasteiger partial charge in [0, 0.05) is 13.8 Å². The summed E-state index contributed by atoms with van der Waals surface area (Å²) in [5, 5.41) is 4.58. The van der Waals surface area contributed by atoms with Crippen molar-refractivity contribution in [3.8, 4) is 0 Å². The van der Waals surface area contributed by atoms with E-state index in [0.29, 0.717) is 11.0 Å². The maximum absolute atomic E-state index is 11.5. The molecule has 1 aliphatic heterocycles. The highest BCUT2D eigenvalue weighted by molar-refractivity contribution is 6.28. The Morgan fingerprint density at radius 3 is 2.73 bits per heavy atom. The van der Waals surface area contributed by atoms with Gasteiger partial charge in [-0.25, -0.2) is 9.67 Å². The van der Waals surface area contributed by atoms with Crippen molar-refractivity contribution in [2.24, 2.45) is 5.73 Å². The van der Waals surface area contributed by atoms with Gasteiger partial charge in [-0.3, -0.25) is 9.59 Å². The molecule has 4 atom stereocenters. The van der Waals surface area contributed by atoms with Crippen LogP contribution in [0.2, 0.25) is 5.28 Å². The highest BCUT2D eigenvalue weighted by Crippen LogP contribution is 2.33.